The maximum atomic E-state index is 5.13. The largest absolute Gasteiger partial charge is 0.309 e. The van der Waals surface area contributed by atoms with Crippen LogP contribution in [0, 0.1) is 0 Å². The van der Waals surface area contributed by atoms with E-state index in [1.165, 1.54) is 38.5 Å². The molecule has 220 valence electrons. The van der Waals surface area contributed by atoms with Crippen LogP contribution in [0.3, 0.4) is 0 Å². The lowest BCUT2D eigenvalue weighted by Gasteiger charge is -2.12. The molecule has 0 radical (unpaired) electrons. The average Bonchev–Trinajstić information content (AvgIpc) is 3.50. The summed E-state index contributed by atoms with van der Waals surface area (Å²) in [6.45, 7) is 0. The standard InChI is InChI=1S/C44H29N3/c1-4-13-30(14-5-1)31-23-26-35(27-24-31)47-40-21-11-10-19-38(40)42-36(20-12-22-41(42)47)34-25-28-37-39(29-34)45-44(33-17-8-3-9-18-33)46-43(37)32-15-6-2-7-16-32/h1-29H. The van der Waals surface area contributed by atoms with Crippen molar-refractivity contribution in [2.45, 2.75) is 0 Å². The first-order valence-electron chi connectivity index (χ1n) is 15.9. The van der Waals surface area contributed by atoms with Gasteiger partial charge in [-0.2, -0.15) is 0 Å². The van der Waals surface area contributed by atoms with Crippen molar-refractivity contribution >= 4 is 32.7 Å². The highest BCUT2D eigenvalue weighted by atomic mass is 15.0. The summed E-state index contributed by atoms with van der Waals surface area (Å²) in [5.41, 5.74) is 12.2. The molecular weight excluding hydrogens is 571 g/mol. The van der Waals surface area contributed by atoms with E-state index in [0.717, 1.165) is 44.8 Å². The van der Waals surface area contributed by atoms with Crippen LogP contribution in [0.5, 0.6) is 0 Å². The topological polar surface area (TPSA) is 30.7 Å². The molecule has 0 fully saturated rings. The molecule has 0 aliphatic heterocycles. The minimum absolute atomic E-state index is 0.725. The highest BCUT2D eigenvalue weighted by Crippen LogP contribution is 2.40. The molecule has 0 aliphatic rings. The van der Waals surface area contributed by atoms with Crippen LogP contribution in [0.2, 0.25) is 0 Å². The van der Waals surface area contributed by atoms with Gasteiger partial charge in [-0.1, -0.05) is 140 Å². The van der Waals surface area contributed by atoms with Crippen molar-refractivity contribution in [1.82, 2.24) is 14.5 Å². The van der Waals surface area contributed by atoms with Gasteiger partial charge in [-0.05, 0) is 58.7 Å². The van der Waals surface area contributed by atoms with Gasteiger partial charge in [0.25, 0.3) is 0 Å². The molecule has 0 N–H and O–H groups in total. The molecule has 0 unspecified atom stereocenters. The molecule has 0 saturated heterocycles. The molecule has 7 aromatic carbocycles. The predicted octanol–water partition coefficient (Wildman–Crippen LogP) is 11.4. The Kier molecular flexibility index (Phi) is 6.46. The number of hydrogen-bond donors (Lipinski definition) is 0. The minimum atomic E-state index is 0.725. The van der Waals surface area contributed by atoms with Crippen LogP contribution in [0.4, 0.5) is 0 Å². The highest BCUT2D eigenvalue weighted by Gasteiger charge is 2.18. The Morgan fingerprint density at radius 3 is 1.72 bits per heavy atom. The van der Waals surface area contributed by atoms with E-state index in [0.29, 0.717) is 0 Å². The Labute approximate surface area is 273 Å². The Hall–Kier alpha value is -6.32. The summed E-state index contributed by atoms with van der Waals surface area (Å²) in [5, 5.41) is 3.49. The lowest BCUT2D eigenvalue weighted by atomic mass is 9.97. The molecule has 0 amide bonds. The number of aromatic nitrogens is 3. The Balaban J connectivity index is 1.24. The first kappa shape index (κ1) is 27.0. The molecule has 0 bridgehead atoms. The molecule has 3 heteroatoms. The maximum absolute atomic E-state index is 5.13. The zero-order chi connectivity index (χ0) is 31.2. The second kappa shape index (κ2) is 11.2. The molecule has 2 heterocycles. The highest BCUT2D eigenvalue weighted by molar-refractivity contribution is 6.16. The van der Waals surface area contributed by atoms with Gasteiger partial charge in [-0.25, -0.2) is 9.97 Å². The van der Waals surface area contributed by atoms with Crippen LogP contribution in [-0.4, -0.2) is 14.5 Å². The summed E-state index contributed by atoms with van der Waals surface area (Å²) in [7, 11) is 0. The molecule has 47 heavy (non-hydrogen) atoms. The van der Waals surface area contributed by atoms with E-state index in [-0.39, 0.29) is 0 Å². The summed E-state index contributed by atoms with van der Waals surface area (Å²) in [5.74, 6) is 0.725. The molecule has 0 aliphatic carbocycles. The third-order valence-electron chi connectivity index (χ3n) is 9.02. The zero-order valence-electron chi connectivity index (χ0n) is 25.6. The van der Waals surface area contributed by atoms with E-state index in [1.54, 1.807) is 0 Å². The van der Waals surface area contributed by atoms with Crippen LogP contribution >= 0.6 is 0 Å². The van der Waals surface area contributed by atoms with E-state index >= 15 is 0 Å². The Bertz CT molecular complexity index is 2530. The summed E-state index contributed by atoms with van der Waals surface area (Å²) in [6.07, 6.45) is 0. The molecule has 9 aromatic rings. The number of fused-ring (bicyclic) bond motifs is 4. The molecule has 9 rings (SSSR count). The number of para-hydroxylation sites is 1. The molecule has 3 nitrogen and oxygen atoms in total. The quantitative estimate of drug-likeness (QED) is 0.197. The van der Waals surface area contributed by atoms with Crippen molar-refractivity contribution in [3.8, 4) is 50.6 Å². The van der Waals surface area contributed by atoms with E-state index in [9.17, 15) is 0 Å². The van der Waals surface area contributed by atoms with Crippen molar-refractivity contribution in [3.63, 3.8) is 0 Å². The van der Waals surface area contributed by atoms with Gasteiger partial charge in [0.1, 0.15) is 0 Å². The van der Waals surface area contributed by atoms with Crippen molar-refractivity contribution in [3.05, 3.63) is 176 Å². The lowest BCUT2D eigenvalue weighted by molar-refractivity contribution is 1.18. The van der Waals surface area contributed by atoms with Crippen LogP contribution in [0.1, 0.15) is 0 Å². The second-order valence-electron chi connectivity index (χ2n) is 11.8. The molecule has 0 spiro atoms. The van der Waals surface area contributed by atoms with E-state index in [4.69, 9.17) is 9.97 Å². The summed E-state index contributed by atoms with van der Waals surface area (Å²) >= 11 is 0. The normalized spacial score (nSPS) is 11.4. The smallest absolute Gasteiger partial charge is 0.160 e. The number of hydrogen-bond acceptors (Lipinski definition) is 2. The van der Waals surface area contributed by atoms with Gasteiger partial charge in [0.05, 0.1) is 22.2 Å². The number of benzene rings is 7. The SMILES string of the molecule is c1ccc(-c2ccc(-n3c4ccccc4c4c(-c5ccc6c(-c7ccccc7)nc(-c7ccccc7)nc6c5)cccc43)cc2)cc1. The second-order valence-corrected chi connectivity index (χ2v) is 11.8. The van der Waals surface area contributed by atoms with Crippen LogP contribution in [0.15, 0.2) is 176 Å². The Morgan fingerprint density at radius 2 is 0.979 bits per heavy atom. The van der Waals surface area contributed by atoms with Crippen LogP contribution < -0.4 is 0 Å². The van der Waals surface area contributed by atoms with Gasteiger partial charge < -0.3 is 4.57 Å². The maximum Gasteiger partial charge on any atom is 0.160 e. The fourth-order valence-corrected chi connectivity index (χ4v) is 6.80. The van der Waals surface area contributed by atoms with Crippen LogP contribution in [-0.2, 0) is 0 Å². The monoisotopic (exact) mass is 599 g/mol. The van der Waals surface area contributed by atoms with Gasteiger partial charge in [-0.3, -0.25) is 0 Å². The Morgan fingerprint density at radius 1 is 0.383 bits per heavy atom. The first-order chi connectivity index (χ1) is 23.3. The summed E-state index contributed by atoms with van der Waals surface area (Å²) in [4.78, 5) is 10.2. The zero-order valence-corrected chi connectivity index (χ0v) is 25.6. The first-order valence-corrected chi connectivity index (χ1v) is 15.9. The van der Waals surface area contributed by atoms with Crippen molar-refractivity contribution < 1.29 is 0 Å². The average molecular weight is 600 g/mol. The van der Waals surface area contributed by atoms with Gasteiger partial charge in [-0.15, -0.1) is 0 Å². The van der Waals surface area contributed by atoms with Gasteiger partial charge in [0, 0.05) is 33.0 Å². The lowest BCUT2D eigenvalue weighted by Crippen LogP contribution is -1.96. The van der Waals surface area contributed by atoms with E-state index < -0.39 is 0 Å². The third-order valence-corrected chi connectivity index (χ3v) is 9.02. The fraction of sp³-hybridized carbons (Fsp3) is 0. The van der Waals surface area contributed by atoms with Crippen LogP contribution in [0.25, 0.3) is 83.3 Å². The number of nitrogens with zero attached hydrogens (tertiary/aromatic N) is 3. The van der Waals surface area contributed by atoms with Gasteiger partial charge in [0.15, 0.2) is 5.82 Å². The summed E-state index contributed by atoms with van der Waals surface area (Å²) < 4.78 is 2.38. The minimum Gasteiger partial charge on any atom is -0.309 e. The number of rotatable bonds is 5. The molecule has 0 saturated carbocycles. The van der Waals surface area contributed by atoms with Crippen molar-refractivity contribution in [1.29, 1.82) is 0 Å². The third kappa shape index (κ3) is 4.68. The predicted molar refractivity (Wildman–Crippen MR) is 196 cm³/mol. The van der Waals surface area contributed by atoms with Gasteiger partial charge in [0.2, 0.25) is 0 Å². The van der Waals surface area contributed by atoms with E-state index in [1.807, 2.05) is 24.3 Å². The van der Waals surface area contributed by atoms with Crippen molar-refractivity contribution in [2.75, 3.05) is 0 Å². The molecular formula is C44H29N3. The van der Waals surface area contributed by atoms with Gasteiger partial charge >= 0.3 is 0 Å². The molecule has 0 atom stereocenters. The van der Waals surface area contributed by atoms with Crippen molar-refractivity contribution in [2.24, 2.45) is 0 Å². The fourth-order valence-electron chi connectivity index (χ4n) is 6.80. The summed E-state index contributed by atoms with van der Waals surface area (Å²) in [6, 6.07) is 62.0. The molecule has 2 aromatic heterocycles. The van der Waals surface area contributed by atoms with E-state index in [2.05, 4.69) is 156 Å².